The van der Waals surface area contributed by atoms with Gasteiger partial charge in [-0.15, -0.1) is 0 Å². The summed E-state index contributed by atoms with van der Waals surface area (Å²) >= 11 is 0. The van der Waals surface area contributed by atoms with Crippen LogP contribution >= 0.6 is 0 Å². The van der Waals surface area contributed by atoms with Crippen LogP contribution < -0.4 is 16.0 Å². The van der Waals surface area contributed by atoms with E-state index in [0.717, 1.165) is 11.1 Å². The van der Waals surface area contributed by atoms with Gasteiger partial charge in [-0.25, -0.2) is 4.79 Å². The fraction of sp³-hybridized carbons (Fsp3) is 0.364. The molecule has 150 valence electrons. The molecule has 6 nitrogen and oxygen atoms in total. The number of urea groups is 1. The smallest absolute Gasteiger partial charge is 0.315 e. The predicted octanol–water partition coefficient (Wildman–Crippen LogP) is 2.40. The first-order valence-corrected chi connectivity index (χ1v) is 9.57. The maximum absolute atomic E-state index is 12.1. The minimum atomic E-state index is -0.300. The highest BCUT2D eigenvalue weighted by Gasteiger charge is 2.11. The lowest BCUT2D eigenvalue weighted by Gasteiger charge is -2.16. The minimum absolute atomic E-state index is 0.00272. The van der Waals surface area contributed by atoms with Crippen molar-refractivity contribution in [2.75, 3.05) is 19.7 Å². The fourth-order valence-corrected chi connectivity index (χ4v) is 2.83. The van der Waals surface area contributed by atoms with Crippen molar-refractivity contribution in [3.63, 3.8) is 0 Å². The molecule has 0 bridgehead atoms. The lowest BCUT2D eigenvalue weighted by Crippen LogP contribution is -2.39. The molecule has 0 saturated heterocycles. The zero-order valence-electron chi connectivity index (χ0n) is 16.5. The molecule has 1 atom stereocenters. The van der Waals surface area contributed by atoms with E-state index in [9.17, 15) is 14.7 Å². The molecule has 4 N–H and O–H groups in total. The second-order valence-electron chi connectivity index (χ2n) is 6.86. The van der Waals surface area contributed by atoms with Gasteiger partial charge in [-0.1, -0.05) is 42.0 Å². The molecule has 0 aliphatic carbocycles. The Bertz CT molecular complexity index is 775. The van der Waals surface area contributed by atoms with Crippen LogP contribution in [-0.4, -0.2) is 36.7 Å². The van der Waals surface area contributed by atoms with Crippen LogP contribution in [0.15, 0.2) is 48.5 Å². The van der Waals surface area contributed by atoms with Gasteiger partial charge in [-0.2, -0.15) is 0 Å². The topological polar surface area (TPSA) is 90.5 Å². The number of carbonyl (C=O) groups is 2. The van der Waals surface area contributed by atoms with E-state index in [4.69, 9.17) is 0 Å². The molecular formula is C22H29N3O3. The van der Waals surface area contributed by atoms with Gasteiger partial charge in [0.25, 0.3) is 5.91 Å². The summed E-state index contributed by atoms with van der Waals surface area (Å²) in [7, 11) is 0. The molecule has 0 aliphatic heterocycles. The highest BCUT2D eigenvalue weighted by Crippen LogP contribution is 2.10. The van der Waals surface area contributed by atoms with E-state index < -0.39 is 0 Å². The van der Waals surface area contributed by atoms with Gasteiger partial charge < -0.3 is 21.1 Å². The van der Waals surface area contributed by atoms with Crippen LogP contribution in [0.25, 0.3) is 0 Å². The maximum atomic E-state index is 12.1. The summed E-state index contributed by atoms with van der Waals surface area (Å²) in [4.78, 5) is 24.0. The number of carbonyl (C=O) groups excluding carboxylic acids is 2. The number of rotatable bonds is 9. The van der Waals surface area contributed by atoms with Gasteiger partial charge in [-0.3, -0.25) is 4.79 Å². The fourth-order valence-electron chi connectivity index (χ4n) is 2.83. The van der Waals surface area contributed by atoms with E-state index in [1.54, 1.807) is 18.2 Å². The number of hydrogen-bond donors (Lipinski definition) is 4. The number of hydrogen-bond acceptors (Lipinski definition) is 3. The van der Waals surface area contributed by atoms with Gasteiger partial charge in [0.1, 0.15) is 0 Å². The van der Waals surface area contributed by atoms with Crippen LogP contribution in [-0.2, 0) is 13.0 Å². The quantitative estimate of drug-likeness (QED) is 0.536. The number of aliphatic hydroxyl groups excluding tert-OH is 1. The first-order valence-electron chi connectivity index (χ1n) is 9.57. The number of aryl methyl sites for hydroxylation is 1. The Morgan fingerprint density at radius 2 is 1.75 bits per heavy atom. The van der Waals surface area contributed by atoms with Crippen molar-refractivity contribution in [2.24, 2.45) is 5.92 Å². The first-order chi connectivity index (χ1) is 13.5. The van der Waals surface area contributed by atoms with Crippen LogP contribution in [0.3, 0.4) is 0 Å². The molecular weight excluding hydrogens is 354 g/mol. The van der Waals surface area contributed by atoms with Gasteiger partial charge in [0, 0.05) is 37.7 Å². The molecule has 2 aromatic rings. The van der Waals surface area contributed by atoms with E-state index in [0.29, 0.717) is 31.6 Å². The van der Waals surface area contributed by atoms with Crippen LogP contribution in [0.4, 0.5) is 4.79 Å². The molecule has 0 aromatic heterocycles. The molecule has 0 heterocycles. The van der Waals surface area contributed by atoms with E-state index in [1.165, 1.54) is 5.56 Å². The highest BCUT2D eigenvalue weighted by molar-refractivity contribution is 5.94. The molecule has 0 unspecified atom stereocenters. The second-order valence-corrected chi connectivity index (χ2v) is 6.86. The summed E-state index contributed by atoms with van der Waals surface area (Å²) in [6.45, 7) is 5.17. The van der Waals surface area contributed by atoms with Crippen molar-refractivity contribution >= 4 is 11.9 Å². The number of benzene rings is 2. The zero-order chi connectivity index (χ0) is 20.4. The Labute approximate surface area is 166 Å². The third-order valence-corrected chi connectivity index (χ3v) is 4.43. The molecule has 2 aromatic carbocycles. The number of aliphatic hydroxyl groups is 1. The lowest BCUT2D eigenvalue weighted by atomic mass is 9.99. The Morgan fingerprint density at radius 1 is 1.00 bits per heavy atom. The van der Waals surface area contributed by atoms with Crippen LogP contribution in [0.1, 0.15) is 34.0 Å². The molecule has 0 fully saturated rings. The molecule has 28 heavy (non-hydrogen) atoms. The van der Waals surface area contributed by atoms with E-state index in [1.807, 2.05) is 44.2 Å². The normalized spacial score (nSPS) is 11.5. The van der Waals surface area contributed by atoms with Crippen molar-refractivity contribution in [1.82, 2.24) is 16.0 Å². The van der Waals surface area contributed by atoms with E-state index in [2.05, 4.69) is 16.0 Å². The third-order valence-electron chi connectivity index (χ3n) is 4.43. The Balaban J connectivity index is 1.79. The lowest BCUT2D eigenvalue weighted by molar-refractivity contribution is 0.0955. The molecule has 0 spiro atoms. The van der Waals surface area contributed by atoms with Crippen molar-refractivity contribution in [3.05, 3.63) is 70.8 Å². The average Bonchev–Trinajstić information content (AvgIpc) is 2.71. The minimum Gasteiger partial charge on any atom is -0.396 e. The van der Waals surface area contributed by atoms with Crippen LogP contribution in [0, 0.1) is 12.8 Å². The molecule has 3 amide bonds. The Kier molecular flexibility index (Phi) is 8.49. The zero-order valence-corrected chi connectivity index (χ0v) is 16.5. The molecule has 0 radical (unpaired) electrons. The summed E-state index contributed by atoms with van der Waals surface area (Å²) in [5, 5.41) is 17.9. The van der Waals surface area contributed by atoms with Crippen molar-refractivity contribution in [2.45, 2.75) is 26.8 Å². The van der Waals surface area contributed by atoms with E-state index in [-0.39, 0.29) is 24.5 Å². The molecule has 6 heteroatoms. The standard InChI is InChI=1S/C22H29N3O3/c1-3-23-21(27)20-6-4-5-18(12-20)13-24-22(28)25-14-19(15-26)11-17-9-7-16(2)8-10-17/h4-10,12,19,26H,3,11,13-15H2,1-2H3,(H,23,27)(H2,24,25,28)/t19-/m1/s1. The van der Waals surface area contributed by atoms with E-state index >= 15 is 0 Å². The first kappa shape index (κ1) is 21.4. The number of nitrogens with one attached hydrogen (secondary N) is 3. The van der Waals surface area contributed by atoms with Gasteiger partial charge in [0.05, 0.1) is 0 Å². The predicted molar refractivity (Wildman–Crippen MR) is 110 cm³/mol. The summed E-state index contributed by atoms with van der Waals surface area (Å²) in [6.07, 6.45) is 0.700. The van der Waals surface area contributed by atoms with Crippen LogP contribution in [0.2, 0.25) is 0 Å². The number of amides is 3. The van der Waals surface area contributed by atoms with Gasteiger partial charge in [0.15, 0.2) is 0 Å². The SMILES string of the molecule is CCNC(=O)c1cccc(CNC(=O)NC[C@H](CO)Cc2ccc(C)cc2)c1. The Morgan fingerprint density at radius 3 is 2.43 bits per heavy atom. The van der Waals surface area contributed by atoms with Crippen LogP contribution in [0.5, 0.6) is 0 Å². The third kappa shape index (κ3) is 7.04. The molecule has 0 saturated carbocycles. The average molecular weight is 383 g/mol. The maximum Gasteiger partial charge on any atom is 0.315 e. The van der Waals surface area contributed by atoms with Crippen molar-refractivity contribution in [3.8, 4) is 0 Å². The summed E-state index contributed by atoms with van der Waals surface area (Å²) in [5.74, 6) is -0.176. The monoisotopic (exact) mass is 383 g/mol. The van der Waals surface area contributed by atoms with Gasteiger partial charge in [-0.05, 0) is 43.5 Å². The molecule has 0 aliphatic rings. The van der Waals surface area contributed by atoms with Crippen molar-refractivity contribution < 1.29 is 14.7 Å². The van der Waals surface area contributed by atoms with Gasteiger partial charge in [0.2, 0.25) is 0 Å². The Hall–Kier alpha value is -2.86. The highest BCUT2D eigenvalue weighted by atomic mass is 16.3. The summed E-state index contributed by atoms with van der Waals surface area (Å²) in [6, 6.07) is 15.0. The van der Waals surface area contributed by atoms with Gasteiger partial charge >= 0.3 is 6.03 Å². The summed E-state index contributed by atoms with van der Waals surface area (Å²) < 4.78 is 0. The second kappa shape index (κ2) is 11.1. The van der Waals surface area contributed by atoms with Crippen molar-refractivity contribution in [1.29, 1.82) is 0 Å². The largest absolute Gasteiger partial charge is 0.396 e. The molecule has 2 rings (SSSR count). The summed E-state index contributed by atoms with van der Waals surface area (Å²) in [5.41, 5.74) is 3.74.